The Morgan fingerprint density at radius 2 is 1.96 bits per heavy atom. The summed E-state index contributed by atoms with van der Waals surface area (Å²) in [7, 11) is -3.24. The van der Waals surface area contributed by atoms with Gasteiger partial charge in [0.25, 0.3) is 0 Å². The van der Waals surface area contributed by atoms with Crippen LogP contribution in [0.2, 0.25) is 0 Å². The lowest BCUT2D eigenvalue weighted by atomic mass is 10.1. The maximum atomic E-state index is 12.3. The molecule has 2 aromatic carbocycles. The third-order valence-electron chi connectivity index (χ3n) is 4.32. The lowest BCUT2D eigenvalue weighted by molar-refractivity contribution is 0.249. The van der Waals surface area contributed by atoms with Gasteiger partial charge in [-0.15, -0.1) is 0 Å². The molecule has 2 amide bonds. The molecule has 3 rings (SSSR count). The van der Waals surface area contributed by atoms with Crippen LogP contribution in [0.1, 0.15) is 18.9 Å². The number of carbonyl (C=O) groups excluding carboxylic acids is 1. The fraction of sp³-hybridized carbons (Fsp3) is 0.316. The summed E-state index contributed by atoms with van der Waals surface area (Å²) in [6.07, 6.45) is 1.33. The highest BCUT2D eigenvalue weighted by molar-refractivity contribution is 9.10. The second-order valence-electron chi connectivity index (χ2n) is 6.62. The number of sulfonamides is 1. The fourth-order valence-corrected chi connectivity index (χ4v) is 4.91. The molecule has 0 radical (unpaired) electrons. The van der Waals surface area contributed by atoms with Gasteiger partial charge in [-0.1, -0.05) is 34.1 Å². The van der Waals surface area contributed by atoms with E-state index >= 15 is 0 Å². The van der Waals surface area contributed by atoms with Gasteiger partial charge in [0, 0.05) is 22.7 Å². The van der Waals surface area contributed by atoms with Crippen LogP contribution in [0.5, 0.6) is 0 Å². The maximum absolute atomic E-state index is 12.3. The highest BCUT2D eigenvalue weighted by Gasteiger charge is 2.28. The molecule has 1 unspecified atom stereocenters. The van der Waals surface area contributed by atoms with E-state index in [2.05, 4.69) is 26.6 Å². The number of benzene rings is 2. The molecule has 0 bridgehead atoms. The van der Waals surface area contributed by atoms with Crippen molar-refractivity contribution in [2.75, 3.05) is 21.9 Å². The van der Waals surface area contributed by atoms with Crippen molar-refractivity contribution in [2.45, 2.75) is 25.8 Å². The van der Waals surface area contributed by atoms with Gasteiger partial charge < -0.3 is 10.6 Å². The molecule has 2 aromatic rings. The van der Waals surface area contributed by atoms with Crippen molar-refractivity contribution in [2.24, 2.45) is 0 Å². The second-order valence-corrected chi connectivity index (χ2v) is 9.55. The quantitative estimate of drug-likeness (QED) is 0.726. The lowest BCUT2D eigenvalue weighted by Crippen LogP contribution is -2.37. The summed E-state index contributed by atoms with van der Waals surface area (Å²) in [4.78, 5) is 12.3. The summed E-state index contributed by atoms with van der Waals surface area (Å²) in [6, 6.07) is 14.5. The zero-order valence-electron chi connectivity index (χ0n) is 15.0. The molecular weight excluding hydrogens is 430 g/mol. The number of hydrogen-bond donors (Lipinski definition) is 2. The molecule has 27 heavy (non-hydrogen) atoms. The third kappa shape index (κ3) is 5.23. The first-order valence-electron chi connectivity index (χ1n) is 8.76. The van der Waals surface area contributed by atoms with Gasteiger partial charge >= 0.3 is 6.03 Å². The zero-order valence-corrected chi connectivity index (χ0v) is 17.4. The van der Waals surface area contributed by atoms with E-state index in [9.17, 15) is 13.2 Å². The van der Waals surface area contributed by atoms with Crippen LogP contribution in [-0.2, 0) is 16.4 Å². The number of nitrogens with zero attached hydrogens (tertiary/aromatic N) is 1. The van der Waals surface area contributed by atoms with Crippen LogP contribution in [0.15, 0.2) is 53.0 Å². The predicted octanol–water partition coefficient (Wildman–Crippen LogP) is 3.74. The van der Waals surface area contributed by atoms with Crippen molar-refractivity contribution in [1.82, 2.24) is 5.32 Å². The maximum Gasteiger partial charge on any atom is 0.319 e. The largest absolute Gasteiger partial charge is 0.335 e. The highest BCUT2D eigenvalue weighted by Crippen LogP contribution is 2.26. The number of amides is 2. The Morgan fingerprint density at radius 1 is 1.22 bits per heavy atom. The molecule has 8 heteroatoms. The van der Waals surface area contributed by atoms with Crippen molar-refractivity contribution in [3.8, 4) is 0 Å². The molecule has 144 valence electrons. The molecule has 1 heterocycles. The van der Waals surface area contributed by atoms with Gasteiger partial charge in [-0.05, 0) is 55.7 Å². The van der Waals surface area contributed by atoms with E-state index in [-0.39, 0.29) is 17.8 Å². The number of halogens is 1. The van der Waals surface area contributed by atoms with E-state index in [4.69, 9.17) is 0 Å². The first-order chi connectivity index (χ1) is 12.8. The minimum Gasteiger partial charge on any atom is -0.335 e. The van der Waals surface area contributed by atoms with E-state index in [1.807, 2.05) is 31.2 Å². The summed E-state index contributed by atoms with van der Waals surface area (Å²) in [6.45, 7) is 2.41. The molecule has 1 fully saturated rings. The van der Waals surface area contributed by atoms with Crippen molar-refractivity contribution in [1.29, 1.82) is 0 Å². The topological polar surface area (TPSA) is 78.5 Å². The normalized spacial score (nSPS) is 16.7. The average molecular weight is 452 g/mol. The summed E-state index contributed by atoms with van der Waals surface area (Å²) >= 11 is 3.41. The lowest BCUT2D eigenvalue weighted by Gasteiger charge is -2.18. The first kappa shape index (κ1) is 19.7. The minimum atomic E-state index is -3.24. The Morgan fingerprint density at radius 3 is 2.63 bits per heavy atom. The van der Waals surface area contributed by atoms with Crippen molar-refractivity contribution < 1.29 is 13.2 Å². The van der Waals surface area contributed by atoms with E-state index in [1.165, 1.54) is 4.31 Å². The molecule has 0 aromatic heterocycles. The Balaban J connectivity index is 1.59. The van der Waals surface area contributed by atoms with E-state index in [0.29, 0.717) is 30.8 Å². The van der Waals surface area contributed by atoms with E-state index in [1.54, 1.807) is 24.3 Å². The highest BCUT2D eigenvalue weighted by atomic mass is 79.9. The number of anilines is 2. The summed E-state index contributed by atoms with van der Waals surface area (Å²) in [5.74, 6) is 0.165. The molecule has 1 aliphatic rings. The zero-order chi connectivity index (χ0) is 19.4. The van der Waals surface area contributed by atoms with Crippen LogP contribution >= 0.6 is 15.9 Å². The molecule has 1 atom stereocenters. The number of hydrogen-bond acceptors (Lipinski definition) is 3. The van der Waals surface area contributed by atoms with Crippen LogP contribution < -0.4 is 14.9 Å². The van der Waals surface area contributed by atoms with Gasteiger partial charge in [0.05, 0.1) is 11.4 Å². The van der Waals surface area contributed by atoms with Crippen LogP contribution in [0.4, 0.5) is 16.2 Å². The Labute approximate surface area is 168 Å². The SMILES string of the molecule is CC(Cc1ccc(Br)cc1)NC(=O)Nc1cccc(N2CCCS2(=O)=O)c1. The molecular formula is C19H22BrN3O3S. The smallest absolute Gasteiger partial charge is 0.319 e. The van der Waals surface area contributed by atoms with Crippen LogP contribution in [0, 0.1) is 0 Å². The summed E-state index contributed by atoms with van der Waals surface area (Å²) in [5.41, 5.74) is 2.27. The van der Waals surface area contributed by atoms with E-state index < -0.39 is 10.0 Å². The van der Waals surface area contributed by atoms with Crippen molar-refractivity contribution in [3.05, 3.63) is 58.6 Å². The second kappa shape index (κ2) is 8.31. The molecule has 0 aliphatic carbocycles. The minimum absolute atomic E-state index is 0.0479. The molecule has 1 saturated heterocycles. The number of carbonyl (C=O) groups is 1. The molecule has 6 nitrogen and oxygen atoms in total. The Kier molecular flexibility index (Phi) is 6.06. The Hall–Kier alpha value is -2.06. The van der Waals surface area contributed by atoms with Gasteiger partial charge in [0.2, 0.25) is 10.0 Å². The molecule has 0 saturated carbocycles. The first-order valence-corrected chi connectivity index (χ1v) is 11.2. The van der Waals surface area contributed by atoms with Gasteiger partial charge in [-0.25, -0.2) is 13.2 Å². The standard InChI is InChI=1S/C19H22BrN3O3S/c1-14(12-15-6-8-16(20)9-7-15)21-19(24)22-17-4-2-5-18(13-17)23-10-3-11-27(23,25)26/h2,4-9,13-14H,3,10-12H2,1H3,(H2,21,22,24). The van der Waals surface area contributed by atoms with Crippen LogP contribution in [-0.4, -0.2) is 32.8 Å². The van der Waals surface area contributed by atoms with Crippen LogP contribution in [0.3, 0.4) is 0 Å². The predicted molar refractivity (Wildman–Crippen MR) is 112 cm³/mol. The average Bonchev–Trinajstić information content (AvgIpc) is 2.96. The number of urea groups is 1. The number of rotatable bonds is 5. The molecule has 0 spiro atoms. The third-order valence-corrected chi connectivity index (χ3v) is 6.72. The summed E-state index contributed by atoms with van der Waals surface area (Å²) < 4.78 is 26.5. The summed E-state index contributed by atoms with van der Waals surface area (Å²) in [5, 5.41) is 5.68. The van der Waals surface area contributed by atoms with Crippen LogP contribution in [0.25, 0.3) is 0 Å². The van der Waals surface area contributed by atoms with Crippen molar-refractivity contribution in [3.63, 3.8) is 0 Å². The van der Waals surface area contributed by atoms with Gasteiger partial charge in [0.1, 0.15) is 0 Å². The monoisotopic (exact) mass is 451 g/mol. The fourth-order valence-electron chi connectivity index (χ4n) is 3.08. The van der Waals surface area contributed by atoms with E-state index in [0.717, 1.165) is 10.0 Å². The number of nitrogens with one attached hydrogen (secondary N) is 2. The molecule has 2 N–H and O–H groups in total. The van der Waals surface area contributed by atoms with Gasteiger partial charge in [-0.3, -0.25) is 4.31 Å². The van der Waals surface area contributed by atoms with Gasteiger partial charge in [0.15, 0.2) is 0 Å². The molecule has 1 aliphatic heterocycles. The van der Waals surface area contributed by atoms with Gasteiger partial charge in [-0.2, -0.15) is 0 Å². The van der Waals surface area contributed by atoms with Crippen molar-refractivity contribution >= 4 is 43.4 Å². The Bertz CT molecular complexity index is 916.